The van der Waals surface area contributed by atoms with Crippen molar-refractivity contribution in [3.8, 4) is 11.3 Å². The van der Waals surface area contributed by atoms with E-state index in [1.54, 1.807) is 17.5 Å². The van der Waals surface area contributed by atoms with Crippen LogP contribution in [0.3, 0.4) is 0 Å². The summed E-state index contributed by atoms with van der Waals surface area (Å²) in [5.41, 5.74) is 1.15. The summed E-state index contributed by atoms with van der Waals surface area (Å²) >= 11 is 1.24. The number of carbonyl (C=O) groups is 2. The van der Waals surface area contributed by atoms with Gasteiger partial charge in [-0.05, 0) is 24.1 Å². The lowest BCUT2D eigenvalue weighted by atomic mass is 10.1. The Labute approximate surface area is 137 Å². The molecule has 0 radical (unpaired) electrons. The Balaban J connectivity index is 2.14. The van der Waals surface area contributed by atoms with Crippen LogP contribution in [-0.2, 0) is 9.59 Å². The first-order valence-corrected chi connectivity index (χ1v) is 8.06. The van der Waals surface area contributed by atoms with Crippen molar-refractivity contribution < 1.29 is 14.0 Å². The van der Waals surface area contributed by atoms with Crippen LogP contribution in [0.4, 0.5) is 15.2 Å². The summed E-state index contributed by atoms with van der Waals surface area (Å²) in [6.45, 7) is 5.27. The van der Waals surface area contributed by atoms with Gasteiger partial charge in [-0.25, -0.2) is 9.37 Å². The van der Waals surface area contributed by atoms with E-state index in [4.69, 9.17) is 0 Å². The molecule has 1 aromatic heterocycles. The SMILES string of the molecule is CC(=O)Nc1ccc(-c2csc(NC(=O)CC(C)C)n2)c(F)c1. The molecule has 0 spiro atoms. The minimum Gasteiger partial charge on any atom is -0.326 e. The fourth-order valence-corrected chi connectivity index (χ4v) is 2.73. The van der Waals surface area contributed by atoms with Crippen LogP contribution in [0.25, 0.3) is 11.3 Å². The van der Waals surface area contributed by atoms with Crippen molar-refractivity contribution in [1.82, 2.24) is 4.98 Å². The summed E-state index contributed by atoms with van der Waals surface area (Å²) in [6, 6.07) is 4.40. The van der Waals surface area contributed by atoms with Crippen molar-refractivity contribution in [2.45, 2.75) is 27.2 Å². The third-order valence-electron chi connectivity index (χ3n) is 2.91. The number of nitrogens with zero attached hydrogens (tertiary/aromatic N) is 1. The number of hydrogen-bond acceptors (Lipinski definition) is 4. The molecular formula is C16H18FN3O2S. The molecule has 0 atom stereocenters. The molecule has 0 aliphatic rings. The third-order valence-corrected chi connectivity index (χ3v) is 3.67. The highest BCUT2D eigenvalue weighted by Crippen LogP contribution is 2.28. The second-order valence-corrected chi connectivity index (χ2v) is 6.42. The molecule has 122 valence electrons. The molecule has 0 unspecified atom stereocenters. The maximum absolute atomic E-state index is 14.2. The second kappa shape index (κ2) is 7.32. The van der Waals surface area contributed by atoms with E-state index in [1.165, 1.54) is 24.3 Å². The van der Waals surface area contributed by atoms with Crippen LogP contribution in [-0.4, -0.2) is 16.8 Å². The normalized spacial score (nSPS) is 10.7. The molecular weight excluding hydrogens is 317 g/mol. The minimum atomic E-state index is -0.485. The quantitative estimate of drug-likeness (QED) is 0.871. The lowest BCUT2D eigenvalue weighted by Crippen LogP contribution is -2.13. The zero-order chi connectivity index (χ0) is 17.0. The van der Waals surface area contributed by atoms with Crippen LogP contribution in [0.5, 0.6) is 0 Å². The first-order chi connectivity index (χ1) is 10.8. The minimum absolute atomic E-state index is 0.109. The first kappa shape index (κ1) is 17.1. The van der Waals surface area contributed by atoms with E-state index in [-0.39, 0.29) is 17.7 Å². The highest BCUT2D eigenvalue weighted by molar-refractivity contribution is 7.14. The Morgan fingerprint density at radius 2 is 2.04 bits per heavy atom. The maximum atomic E-state index is 14.2. The number of aromatic nitrogens is 1. The molecule has 1 heterocycles. The molecule has 7 heteroatoms. The zero-order valence-corrected chi connectivity index (χ0v) is 14.0. The standard InChI is InChI=1S/C16H18FN3O2S/c1-9(2)6-15(22)20-16-19-14(8-23-16)12-5-4-11(7-13(12)17)18-10(3)21/h4-5,7-9H,6H2,1-3H3,(H,18,21)(H,19,20,22). The largest absolute Gasteiger partial charge is 0.326 e. The molecule has 0 saturated heterocycles. The average Bonchev–Trinajstić information content (AvgIpc) is 2.85. The highest BCUT2D eigenvalue weighted by Gasteiger charge is 2.13. The van der Waals surface area contributed by atoms with Crippen molar-refractivity contribution in [3.05, 3.63) is 29.4 Å². The Kier molecular flexibility index (Phi) is 5.44. The van der Waals surface area contributed by atoms with Crippen LogP contribution >= 0.6 is 11.3 Å². The molecule has 2 N–H and O–H groups in total. The number of nitrogens with one attached hydrogen (secondary N) is 2. The van der Waals surface area contributed by atoms with Gasteiger partial charge in [0.25, 0.3) is 0 Å². The van der Waals surface area contributed by atoms with E-state index in [2.05, 4.69) is 15.6 Å². The summed E-state index contributed by atoms with van der Waals surface area (Å²) in [5, 5.41) is 7.35. The lowest BCUT2D eigenvalue weighted by Gasteiger charge is -2.05. The molecule has 23 heavy (non-hydrogen) atoms. The Morgan fingerprint density at radius 3 is 2.65 bits per heavy atom. The lowest BCUT2D eigenvalue weighted by molar-refractivity contribution is -0.117. The number of benzene rings is 1. The zero-order valence-electron chi connectivity index (χ0n) is 13.1. The second-order valence-electron chi connectivity index (χ2n) is 5.56. The van der Waals surface area contributed by atoms with Crippen LogP contribution in [0.2, 0.25) is 0 Å². The molecule has 0 bridgehead atoms. The predicted molar refractivity (Wildman–Crippen MR) is 89.9 cm³/mol. The highest BCUT2D eigenvalue weighted by atomic mass is 32.1. The van der Waals surface area contributed by atoms with Crippen molar-refractivity contribution in [2.75, 3.05) is 10.6 Å². The summed E-state index contributed by atoms with van der Waals surface area (Å²) < 4.78 is 14.2. The Bertz CT molecular complexity index is 728. The van der Waals surface area contributed by atoms with E-state index in [0.29, 0.717) is 28.5 Å². The maximum Gasteiger partial charge on any atom is 0.226 e. The van der Waals surface area contributed by atoms with Gasteiger partial charge in [-0.1, -0.05) is 13.8 Å². The van der Waals surface area contributed by atoms with E-state index in [1.807, 2.05) is 13.8 Å². The number of amides is 2. The number of halogens is 1. The predicted octanol–water partition coefficient (Wildman–Crippen LogP) is 3.89. The smallest absolute Gasteiger partial charge is 0.226 e. The fraction of sp³-hybridized carbons (Fsp3) is 0.312. The van der Waals surface area contributed by atoms with Gasteiger partial charge in [0.15, 0.2) is 5.13 Å². The number of thiazole rings is 1. The molecule has 0 aliphatic heterocycles. The van der Waals surface area contributed by atoms with Crippen molar-refractivity contribution in [2.24, 2.45) is 5.92 Å². The van der Waals surface area contributed by atoms with Gasteiger partial charge in [0.2, 0.25) is 11.8 Å². The molecule has 0 aliphatic carbocycles. The topological polar surface area (TPSA) is 71.1 Å². The van der Waals surface area contributed by atoms with E-state index in [0.717, 1.165) is 0 Å². The van der Waals surface area contributed by atoms with Gasteiger partial charge in [0.1, 0.15) is 5.82 Å². The number of carbonyl (C=O) groups excluding carboxylic acids is 2. The molecule has 2 aromatic rings. The Morgan fingerprint density at radius 1 is 1.30 bits per heavy atom. The van der Waals surface area contributed by atoms with Gasteiger partial charge in [0, 0.05) is 30.0 Å². The van der Waals surface area contributed by atoms with E-state index < -0.39 is 5.82 Å². The van der Waals surface area contributed by atoms with Gasteiger partial charge in [0.05, 0.1) is 5.69 Å². The van der Waals surface area contributed by atoms with Gasteiger partial charge in [-0.2, -0.15) is 0 Å². The fourth-order valence-electron chi connectivity index (χ4n) is 2.00. The van der Waals surface area contributed by atoms with Crippen LogP contribution in [0, 0.1) is 11.7 Å². The van der Waals surface area contributed by atoms with E-state index in [9.17, 15) is 14.0 Å². The molecule has 0 fully saturated rings. The van der Waals surface area contributed by atoms with Gasteiger partial charge < -0.3 is 10.6 Å². The van der Waals surface area contributed by atoms with E-state index >= 15 is 0 Å². The summed E-state index contributed by atoms with van der Waals surface area (Å²) in [7, 11) is 0. The van der Waals surface area contributed by atoms with Gasteiger partial charge in [-0.15, -0.1) is 11.3 Å². The van der Waals surface area contributed by atoms with Crippen LogP contribution in [0.1, 0.15) is 27.2 Å². The summed E-state index contributed by atoms with van der Waals surface area (Å²) in [5.74, 6) is -0.599. The average molecular weight is 335 g/mol. The summed E-state index contributed by atoms with van der Waals surface area (Å²) in [4.78, 5) is 26.9. The van der Waals surface area contributed by atoms with Gasteiger partial charge in [-0.3, -0.25) is 9.59 Å². The Hall–Kier alpha value is -2.28. The number of anilines is 2. The number of hydrogen-bond donors (Lipinski definition) is 2. The van der Waals surface area contributed by atoms with Crippen LogP contribution < -0.4 is 10.6 Å². The molecule has 2 rings (SSSR count). The molecule has 1 aromatic carbocycles. The molecule has 0 saturated carbocycles. The van der Waals surface area contributed by atoms with Gasteiger partial charge >= 0.3 is 0 Å². The first-order valence-electron chi connectivity index (χ1n) is 7.18. The number of rotatable bonds is 5. The third kappa shape index (κ3) is 4.85. The molecule has 5 nitrogen and oxygen atoms in total. The monoisotopic (exact) mass is 335 g/mol. The van der Waals surface area contributed by atoms with Crippen molar-refractivity contribution in [1.29, 1.82) is 0 Å². The van der Waals surface area contributed by atoms with Crippen molar-refractivity contribution in [3.63, 3.8) is 0 Å². The summed E-state index contributed by atoms with van der Waals surface area (Å²) in [6.07, 6.45) is 0.411. The van der Waals surface area contributed by atoms with Crippen molar-refractivity contribution >= 4 is 34.0 Å². The van der Waals surface area contributed by atoms with Crippen LogP contribution in [0.15, 0.2) is 23.6 Å². The molecule has 2 amide bonds.